The van der Waals surface area contributed by atoms with E-state index in [1.165, 1.54) is 12.1 Å². The summed E-state index contributed by atoms with van der Waals surface area (Å²) in [5, 5.41) is 5.78. The molecule has 0 aromatic heterocycles. The Hall–Kier alpha value is -2.60. The van der Waals surface area contributed by atoms with E-state index in [2.05, 4.69) is 10.6 Å². The molecule has 0 heterocycles. The van der Waals surface area contributed by atoms with E-state index < -0.39 is 11.7 Å². The Labute approximate surface area is 161 Å². The smallest absolute Gasteiger partial charge is 0.258 e. The lowest BCUT2D eigenvalue weighted by Crippen LogP contribution is -2.30. The zero-order chi connectivity index (χ0) is 19.2. The third-order valence-electron chi connectivity index (χ3n) is 4.11. The van der Waals surface area contributed by atoms with Crippen molar-refractivity contribution in [3.05, 3.63) is 64.4 Å². The minimum atomic E-state index is -0.646. The number of hydrogen-bond donors (Lipinski definition) is 2. The number of carbonyl (C=O) groups excluding carboxylic acids is 2. The SMILES string of the molecule is O=C(COc1ccc(CCNC(=O)c2ccc(Cl)cc2F)cc1)NC1CC1. The molecule has 0 aliphatic heterocycles. The Kier molecular flexibility index (Phi) is 6.29. The summed E-state index contributed by atoms with van der Waals surface area (Å²) in [7, 11) is 0. The Balaban J connectivity index is 1.41. The number of benzene rings is 2. The van der Waals surface area contributed by atoms with Crippen LogP contribution in [0, 0.1) is 5.82 Å². The summed E-state index contributed by atoms with van der Waals surface area (Å²) in [4.78, 5) is 23.6. The zero-order valence-corrected chi connectivity index (χ0v) is 15.4. The van der Waals surface area contributed by atoms with Gasteiger partial charge in [-0.1, -0.05) is 23.7 Å². The minimum Gasteiger partial charge on any atom is -0.484 e. The van der Waals surface area contributed by atoms with Gasteiger partial charge in [-0.25, -0.2) is 4.39 Å². The second kappa shape index (κ2) is 8.86. The van der Waals surface area contributed by atoms with Crippen LogP contribution >= 0.6 is 11.6 Å². The van der Waals surface area contributed by atoms with Gasteiger partial charge in [0.2, 0.25) is 0 Å². The van der Waals surface area contributed by atoms with Crippen LogP contribution in [0.15, 0.2) is 42.5 Å². The molecule has 0 saturated heterocycles. The average molecular weight is 391 g/mol. The summed E-state index contributed by atoms with van der Waals surface area (Å²) in [6, 6.07) is 11.6. The second-order valence-corrected chi connectivity index (χ2v) is 6.84. The van der Waals surface area contributed by atoms with E-state index in [0.29, 0.717) is 24.8 Å². The fourth-order valence-electron chi connectivity index (χ4n) is 2.49. The number of amides is 2. The molecule has 1 saturated carbocycles. The van der Waals surface area contributed by atoms with Crippen LogP contribution in [-0.2, 0) is 11.2 Å². The maximum Gasteiger partial charge on any atom is 0.258 e. The summed E-state index contributed by atoms with van der Waals surface area (Å²) >= 11 is 5.68. The normalized spacial score (nSPS) is 13.1. The summed E-state index contributed by atoms with van der Waals surface area (Å²) in [5.41, 5.74) is 0.953. The van der Waals surface area contributed by atoms with Crippen molar-refractivity contribution in [2.45, 2.75) is 25.3 Å². The Bertz CT molecular complexity index is 822. The largest absolute Gasteiger partial charge is 0.484 e. The lowest BCUT2D eigenvalue weighted by molar-refractivity contribution is -0.123. The highest BCUT2D eigenvalue weighted by Gasteiger charge is 2.23. The quantitative estimate of drug-likeness (QED) is 0.727. The molecular weight excluding hydrogens is 371 g/mol. The van der Waals surface area contributed by atoms with Gasteiger partial charge in [0, 0.05) is 17.6 Å². The van der Waals surface area contributed by atoms with Crippen molar-refractivity contribution in [2.24, 2.45) is 0 Å². The molecule has 5 nitrogen and oxygen atoms in total. The van der Waals surface area contributed by atoms with Crippen LogP contribution < -0.4 is 15.4 Å². The van der Waals surface area contributed by atoms with Gasteiger partial charge in [0.1, 0.15) is 11.6 Å². The van der Waals surface area contributed by atoms with E-state index in [1.54, 1.807) is 12.1 Å². The molecule has 0 radical (unpaired) electrons. The summed E-state index contributed by atoms with van der Waals surface area (Å²) in [6.07, 6.45) is 2.67. The summed E-state index contributed by atoms with van der Waals surface area (Å²) in [5.74, 6) is -0.631. The molecule has 2 aromatic rings. The molecule has 1 fully saturated rings. The first kappa shape index (κ1) is 19.2. The van der Waals surface area contributed by atoms with Crippen LogP contribution in [-0.4, -0.2) is 31.0 Å². The number of rotatable bonds is 8. The highest BCUT2D eigenvalue weighted by Crippen LogP contribution is 2.18. The first-order valence-corrected chi connectivity index (χ1v) is 9.13. The molecule has 2 N–H and O–H groups in total. The van der Waals surface area contributed by atoms with Crippen LogP contribution in [0.25, 0.3) is 0 Å². The topological polar surface area (TPSA) is 67.4 Å². The minimum absolute atomic E-state index is 0.00143. The average Bonchev–Trinajstić information content (AvgIpc) is 3.45. The number of halogens is 2. The van der Waals surface area contributed by atoms with Gasteiger partial charge in [0.25, 0.3) is 11.8 Å². The fraction of sp³-hybridized carbons (Fsp3) is 0.300. The van der Waals surface area contributed by atoms with Crippen LogP contribution in [0.5, 0.6) is 5.75 Å². The lowest BCUT2D eigenvalue weighted by atomic mass is 10.1. The van der Waals surface area contributed by atoms with E-state index in [1.807, 2.05) is 12.1 Å². The molecule has 3 rings (SSSR count). The molecule has 0 spiro atoms. The van der Waals surface area contributed by atoms with E-state index in [0.717, 1.165) is 24.5 Å². The molecule has 2 amide bonds. The number of nitrogens with one attached hydrogen (secondary N) is 2. The summed E-state index contributed by atoms with van der Waals surface area (Å²) < 4.78 is 19.2. The summed E-state index contributed by atoms with van der Waals surface area (Å²) in [6.45, 7) is 0.365. The Morgan fingerprint density at radius 1 is 1.15 bits per heavy atom. The Morgan fingerprint density at radius 2 is 1.89 bits per heavy atom. The molecular formula is C20H20ClFN2O3. The van der Waals surface area contributed by atoms with Gasteiger partial charge in [0.05, 0.1) is 5.56 Å². The van der Waals surface area contributed by atoms with Gasteiger partial charge in [-0.3, -0.25) is 9.59 Å². The van der Waals surface area contributed by atoms with Crippen LogP contribution in [0.1, 0.15) is 28.8 Å². The molecule has 2 aromatic carbocycles. The fourth-order valence-corrected chi connectivity index (χ4v) is 2.65. The zero-order valence-electron chi connectivity index (χ0n) is 14.6. The predicted molar refractivity (Wildman–Crippen MR) is 101 cm³/mol. The maximum atomic E-state index is 13.7. The number of carbonyl (C=O) groups is 2. The maximum absolute atomic E-state index is 13.7. The first-order valence-electron chi connectivity index (χ1n) is 8.75. The lowest BCUT2D eigenvalue weighted by Gasteiger charge is -2.09. The molecule has 0 bridgehead atoms. The van der Waals surface area contributed by atoms with Crippen molar-refractivity contribution in [3.8, 4) is 5.75 Å². The van der Waals surface area contributed by atoms with Crippen molar-refractivity contribution in [1.29, 1.82) is 0 Å². The van der Waals surface area contributed by atoms with E-state index in [-0.39, 0.29) is 23.1 Å². The standard InChI is InChI=1S/C20H20ClFN2O3/c21-14-3-8-17(18(22)11-14)20(26)23-10-9-13-1-6-16(7-2-13)27-12-19(25)24-15-4-5-15/h1-3,6-8,11,15H,4-5,9-10,12H2,(H,23,26)(H,24,25). The van der Waals surface area contributed by atoms with Crippen molar-refractivity contribution in [3.63, 3.8) is 0 Å². The van der Waals surface area contributed by atoms with E-state index in [4.69, 9.17) is 16.3 Å². The first-order chi connectivity index (χ1) is 13.0. The number of ether oxygens (including phenoxy) is 1. The molecule has 0 unspecified atom stereocenters. The van der Waals surface area contributed by atoms with Crippen molar-refractivity contribution >= 4 is 23.4 Å². The molecule has 0 atom stereocenters. The van der Waals surface area contributed by atoms with Gasteiger partial charge in [-0.15, -0.1) is 0 Å². The van der Waals surface area contributed by atoms with E-state index in [9.17, 15) is 14.0 Å². The molecule has 142 valence electrons. The van der Waals surface area contributed by atoms with Gasteiger partial charge in [-0.05, 0) is 55.2 Å². The van der Waals surface area contributed by atoms with Crippen LogP contribution in [0.2, 0.25) is 5.02 Å². The second-order valence-electron chi connectivity index (χ2n) is 6.40. The van der Waals surface area contributed by atoms with E-state index >= 15 is 0 Å². The molecule has 1 aliphatic rings. The molecule has 7 heteroatoms. The molecule has 27 heavy (non-hydrogen) atoms. The van der Waals surface area contributed by atoms with Crippen molar-refractivity contribution < 1.29 is 18.7 Å². The third kappa shape index (κ3) is 5.96. The Morgan fingerprint density at radius 3 is 2.56 bits per heavy atom. The van der Waals surface area contributed by atoms with Gasteiger partial charge in [0.15, 0.2) is 6.61 Å². The number of hydrogen-bond acceptors (Lipinski definition) is 3. The van der Waals surface area contributed by atoms with Gasteiger partial charge < -0.3 is 15.4 Å². The van der Waals surface area contributed by atoms with Crippen molar-refractivity contribution in [2.75, 3.05) is 13.2 Å². The van der Waals surface area contributed by atoms with Crippen LogP contribution in [0.4, 0.5) is 4.39 Å². The predicted octanol–water partition coefficient (Wildman–Crippen LogP) is 3.11. The molecule has 1 aliphatic carbocycles. The monoisotopic (exact) mass is 390 g/mol. The van der Waals surface area contributed by atoms with Crippen LogP contribution in [0.3, 0.4) is 0 Å². The highest BCUT2D eigenvalue weighted by atomic mass is 35.5. The highest BCUT2D eigenvalue weighted by molar-refractivity contribution is 6.30. The van der Waals surface area contributed by atoms with Gasteiger partial charge >= 0.3 is 0 Å². The third-order valence-corrected chi connectivity index (χ3v) is 4.35. The van der Waals surface area contributed by atoms with Gasteiger partial charge in [-0.2, -0.15) is 0 Å². The van der Waals surface area contributed by atoms with Crippen molar-refractivity contribution in [1.82, 2.24) is 10.6 Å².